The summed E-state index contributed by atoms with van der Waals surface area (Å²) in [5.74, 6) is 0. The number of tetrazole rings is 1. The summed E-state index contributed by atoms with van der Waals surface area (Å²) in [5, 5.41) is 10.4. The Hall–Kier alpha value is -1.96. The second-order valence-corrected chi connectivity index (χ2v) is 6.69. The Balaban J connectivity index is 2.30. The molecule has 1 heterocycles. The Morgan fingerprint density at radius 1 is 1.32 bits per heavy atom. The predicted octanol–water partition coefficient (Wildman–Crippen LogP) is 1.12. The lowest BCUT2D eigenvalue weighted by Crippen LogP contribution is -2.22. The second kappa shape index (κ2) is 4.96. The maximum Gasteiger partial charge on any atom is 0.235 e. The highest BCUT2D eigenvalue weighted by atomic mass is 32.2. The smallest absolute Gasteiger partial charge is 0.235 e. The van der Waals surface area contributed by atoms with Gasteiger partial charge in [-0.05, 0) is 55.0 Å². The number of nitrogens with one attached hydrogen (secondary N) is 1. The average molecular weight is 281 g/mol. The molecule has 102 valence electrons. The molecule has 7 nitrogen and oxygen atoms in total. The maximum atomic E-state index is 11.8. The van der Waals surface area contributed by atoms with E-state index in [1.165, 1.54) is 11.0 Å². The Kier molecular flexibility index (Phi) is 3.52. The van der Waals surface area contributed by atoms with Crippen molar-refractivity contribution >= 4 is 15.7 Å². The first kappa shape index (κ1) is 13.5. The van der Waals surface area contributed by atoms with E-state index in [2.05, 4.69) is 20.2 Å². The third-order valence-corrected chi connectivity index (χ3v) is 4.43. The van der Waals surface area contributed by atoms with Crippen molar-refractivity contribution in [2.75, 3.05) is 4.72 Å². The van der Waals surface area contributed by atoms with E-state index in [1.807, 2.05) is 6.92 Å². The van der Waals surface area contributed by atoms with Crippen LogP contribution in [0.15, 0.2) is 24.5 Å². The molecule has 0 unspecified atom stereocenters. The Bertz CT molecular complexity index is 664. The van der Waals surface area contributed by atoms with Gasteiger partial charge in [-0.15, -0.1) is 5.10 Å². The van der Waals surface area contributed by atoms with Gasteiger partial charge in [-0.2, -0.15) is 0 Å². The minimum Gasteiger partial charge on any atom is -0.283 e. The lowest BCUT2D eigenvalue weighted by molar-refractivity contribution is 0.593. The van der Waals surface area contributed by atoms with Gasteiger partial charge < -0.3 is 0 Å². The summed E-state index contributed by atoms with van der Waals surface area (Å²) in [7, 11) is -3.33. The molecule has 0 aliphatic carbocycles. The van der Waals surface area contributed by atoms with Gasteiger partial charge in [0.15, 0.2) is 0 Å². The van der Waals surface area contributed by atoms with Crippen molar-refractivity contribution in [3.05, 3.63) is 30.1 Å². The predicted molar refractivity (Wildman–Crippen MR) is 71.6 cm³/mol. The Labute approximate surface area is 111 Å². The monoisotopic (exact) mass is 281 g/mol. The summed E-state index contributed by atoms with van der Waals surface area (Å²) in [6.45, 7) is 5.12. The van der Waals surface area contributed by atoms with E-state index in [1.54, 1.807) is 32.0 Å². The summed E-state index contributed by atoms with van der Waals surface area (Å²) >= 11 is 0. The number of hydrogen-bond donors (Lipinski definition) is 1. The van der Waals surface area contributed by atoms with Gasteiger partial charge in [0.2, 0.25) is 10.0 Å². The largest absolute Gasteiger partial charge is 0.283 e. The number of benzene rings is 1. The quantitative estimate of drug-likeness (QED) is 0.907. The molecule has 0 saturated heterocycles. The standard InChI is InChI=1S/C11H15N5O2S/c1-8(2)19(17,18)13-10-4-5-11(9(3)6-10)16-7-12-14-15-16/h4-8,13H,1-3H3. The average Bonchev–Trinajstić information content (AvgIpc) is 2.81. The zero-order valence-corrected chi connectivity index (χ0v) is 11.7. The van der Waals surface area contributed by atoms with Crippen molar-refractivity contribution in [2.45, 2.75) is 26.0 Å². The number of anilines is 1. The highest BCUT2D eigenvalue weighted by Crippen LogP contribution is 2.19. The third kappa shape index (κ3) is 2.90. The van der Waals surface area contributed by atoms with Crippen LogP contribution in [0.25, 0.3) is 5.69 Å². The molecule has 1 aromatic heterocycles. The normalized spacial score (nSPS) is 11.8. The molecule has 0 saturated carbocycles. The Morgan fingerprint density at radius 2 is 2.05 bits per heavy atom. The SMILES string of the molecule is Cc1cc(NS(=O)(=O)C(C)C)ccc1-n1cnnn1. The van der Waals surface area contributed by atoms with Crippen molar-refractivity contribution in [3.63, 3.8) is 0 Å². The Morgan fingerprint density at radius 3 is 2.58 bits per heavy atom. The summed E-state index contributed by atoms with van der Waals surface area (Å²) in [6, 6.07) is 5.20. The van der Waals surface area contributed by atoms with Crippen molar-refractivity contribution in [3.8, 4) is 5.69 Å². The van der Waals surface area contributed by atoms with Crippen LogP contribution in [0.5, 0.6) is 0 Å². The van der Waals surface area contributed by atoms with Crippen LogP contribution in [-0.2, 0) is 10.0 Å². The van der Waals surface area contributed by atoms with Crippen LogP contribution in [-0.4, -0.2) is 33.9 Å². The van der Waals surface area contributed by atoms with Gasteiger partial charge >= 0.3 is 0 Å². The van der Waals surface area contributed by atoms with E-state index in [-0.39, 0.29) is 0 Å². The lowest BCUT2D eigenvalue weighted by atomic mass is 10.2. The minimum atomic E-state index is -3.33. The lowest BCUT2D eigenvalue weighted by Gasteiger charge is -2.12. The molecule has 1 aromatic carbocycles. The van der Waals surface area contributed by atoms with Gasteiger partial charge in [0.05, 0.1) is 10.9 Å². The molecule has 0 aliphatic heterocycles. The van der Waals surface area contributed by atoms with Crippen LogP contribution in [0.3, 0.4) is 0 Å². The highest BCUT2D eigenvalue weighted by Gasteiger charge is 2.16. The number of hydrogen-bond acceptors (Lipinski definition) is 5. The molecular formula is C11H15N5O2S. The van der Waals surface area contributed by atoms with Gasteiger partial charge in [0, 0.05) is 5.69 Å². The summed E-state index contributed by atoms with van der Waals surface area (Å²) in [5.41, 5.74) is 2.21. The van der Waals surface area contributed by atoms with Gasteiger partial charge in [-0.1, -0.05) is 0 Å². The van der Waals surface area contributed by atoms with Crippen LogP contribution in [0, 0.1) is 6.92 Å². The number of aryl methyl sites for hydroxylation is 1. The van der Waals surface area contributed by atoms with E-state index in [0.717, 1.165) is 11.3 Å². The van der Waals surface area contributed by atoms with Gasteiger partial charge in [0.1, 0.15) is 6.33 Å². The number of sulfonamides is 1. The van der Waals surface area contributed by atoms with Crippen LogP contribution >= 0.6 is 0 Å². The molecule has 0 fully saturated rings. The summed E-state index contributed by atoms with van der Waals surface area (Å²) in [6.07, 6.45) is 1.49. The molecule has 8 heteroatoms. The van der Waals surface area contributed by atoms with Gasteiger partial charge in [0.25, 0.3) is 0 Å². The molecule has 0 aliphatic rings. The minimum absolute atomic E-state index is 0.480. The second-order valence-electron chi connectivity index (χ2n) is 4.45. The van der Waals surface area contributed by atoms with Gasteiger partial charge in [-0.25, -0.2) is 13.1 Å². The number of nitrogens with zero attached hydrogens (tertiary/aromatic N) is 4. The van der Waals surface area contributed by atoms with E-state index in [0.29, 0.717) is 5.69 Å². The maximum absolute atomic E-state index is 11.8. The van der Waals surface area contributed by atoms with Crippen LogP contribution in [0.4, 0.5) is 5.69 Å². The first-order valence-corrected chi connectivity index (χ1v) is 7.30. The fraction of sp³-hybridized carbons (Fsp3) is 0.364. The van der Waals surface area contributed by atoms with Crippen molar-refractivity contribution in [1.29, 1.82) is 0 Å². The molecule has 0 bridgehead atoms. The first-order valence-electron chi connectivity index (χ1n) is 5.76. The van der Waals surface area contributed by atoms with E-state index < -0.39 is 15.3 Å². The summed E-state index contributed by atoms with van der Waals surface area (Å²) in [4.78, 5) is 0. The van der Waals surface area contributed by atoms with Crippen LogP contribution in [0.1, 0.15) is 19.4 Å². The third-order valence-electron chi connectivity index (χ3n) is 2.67. The van der Waals surface area contributed by atoms with Crippen LogP contribution < -0.4 is 4.72 Å². The molecule has 0 spiro atoms. The number of rotatable bonds is 4. The molecule has 0 atom stereocenters. The molecule has 19 heavy (non-hydrogen) atoms. The van der Waals surface area contributed by atoms with Crippen LogP contribution in [0.2, 0.25) is 0 Å². The van der Waals surface area contributed by atoms with E-state index in [9.17, 15) is 8.42 Å². The zero-order chi connectivity index (χ0) is 14.0. The molecule has 2 rings (SSSR count). The van der Waals surface area contributed by atoms with Crippen molar-refractivity contribution < 1.29 is 8.42 Å². The van der Waals surface area contributed by atoms with E-state index >= 15 is 0 Å². The molecular weight excluding hydrogens is 266 g/mol. The summed E-state index contributed by atoms with van der Waals surface area (Å²) < 4.78 is 27.6. The topological polar surface area (TPSA) is 89.8 Å². The van der Waals surface area contributed by atoms with Crippen molar-refractivity contribution in [1.82, 2.24) is 20.2 Å². The highest BCUT2D eigenvalue weighted by molar-refractivity contribution is 7.93. The molecule has 0 amide bonds. The van der Waals surface area contributed by atoms with Gasteiger partial charge in [-0.3, -0.25) is 4.72 Å². The molecule has 2 aromatic rings. The fourth-order valence-corrected chi connectivity index (χ4v) is 2.22. The molecule has 1 N–H and O–H groups in total. The zero-order valence-electron chi connectivity index (χ0n) is 10.9. The first-order chi connectivity index (χ1) is 8.90. The number of aromatic nitrogens is 4. The van der Waals surface area contributed by atoms with Crippen molar-refractivity contribution in [2.24, 2.45) is 0 Å². The van der Waals surface area contributed by atoms with E-state index in [4.69, 9.17) is 0 Å². The molecule has 0 radical (unpaired) electrons. The fourth-order valence-electron chi connectivity index (χ4n) is 1.53.